The minimum absolute atomic E-state index is 0.442. The second-order valence-electron chi connectivity index (χ2n) is 4.99. The van der Waals surface area contributed by atoms with E-state index in [1.807, 2.05) is 12.1 Å². The van der Waals surface area contributed by atoms with E-state index in [1.165, 1.54) is 0 Å². The predicted octanol–water partition coefficient (Wildman–Crippen LogP) is 2.28. The van der Waals surface area contributed by atoms with Crippen molar-refractivity contribution < 1.29 is 14.0 Å². The summed E-state index contributed by atoms with van der Waals surface area (Å²) in [5.41, 5.74) is 6.40. The van der Waals surface area contributed by atoms with E-state index in [1.54, 1.807) is 20.3 Å². The van der Waals surface area contributed by atoms with Gasteiger partial charge in [0.15, 0.2) is 0 Å². The summed E-state index contributed by atoms with van der Waals surface area (Å²) < 4.78 is 15.8. The zero-order chi connectivity index (χ0) is 15.2. The molecule has 6 nitrogen and oxygen atoms in total. The maximum atomic E-state index is 5.60. The molecule has 0 spiro atoms. The number of hydrogen-bond donors (Lipinski definition) is 1. The van der Waals surface area contributed by atoms with E-state index in [0.29, 0.717) is 35.7 Å². The van der Waals surface area contributed by atoms with Crippen LogP contribution in [0.4, 0.5) is 0 Å². The van der Waals surface area contributed by atoms with Crippen LogP contribution in [0, 0.1) is 5.92 Å². The van der Waals surface area contributed by atoms with Crippen LogP contribution < -0.4 is 15.2 Å². The number of aromatic nitrogens is 2. The molecule has 0 aliphatic carbocycles. The van der Waals surface area contributed by atoms with Crippen LogP contribution in [0.5, 0.6) is 11.5 Å². The third kappa shape index (κ3) is 3.95. The maximum absolute atomic E-state index is 5.60. The Labute approximate surface area is 124 Å². The van der Waals surface area contributed by atoms with Crippen molar-refractivity contribution in [2.75, 3.05) is 20.8 Å². The lowest BCUT2D eigenvalue weighted by atomic mass is 10.1. The molecule has 0 amide bonds. The molecule has 21 heavy (non-hydrogen) atoms. The molecule has 1 atom stereocenters. The van der Waals surface area contributed by atoms with E-state index in [9.17, 15) is 0 Å². The first kappa shape index (κ1) is 15.3. The Bertz CT molecular complexity index is 561. The highest BCUT2D eigenvalue weighted by Gasteiger charge is 2.12. The Kier molecular flexibility index (Phi) is 5.16. The highest BCUT2D eigenvalue weighted by atomic mass is 16.5. The summed E-state index contributed by atoms with van der Waals surface area (Å²) in [4.78, 5) is 4.41. The van der Waals surface area contributed by atoms with E-state index in [4.69, 9.17) is 19.7 Å². The van der Waals surface area contributed by atoms with Crippen molar-refractivity contribution in [3.8, 4) is 22.9 Å². The Balaban J connectivity index is 2.17. The minimum Gasteiger partial charge on any atom is -0.497 e. The van der Waals surface area contributed by atoms with Gasteiger partial charge in [0.05, 0.1) is 14.2 Å². The predicted molar refractivity (Wildman–Crippen MR) is 79.4 cm³/mol. The first-order valence-corrected chi connectivity index (χ1v) is 6.92. The summed E-state index contributed by atoms with van der Waals surface area (Å²) in [7, 11) is 3.21. The van der Waals surface area contributed by atoms with E-state index in [-0.39, 0.29) is 0 Å². The van der Waals surface area contributed by atoms with E-state index in [2.05, 4.69) is 17.1 Å². The molecule has 114 valence electrons. The summed E-state index contributed by atoms with van der Waals surface area (Å²) in [5, 5.41) is 4.01. The summed E-state index contributed by atoms with van der Waals surface area (Å²) in [6, 6.07) is 5.49. The third-order valence-electron chi connectivity index (χ3n) is 3.33. The van der Waals surface area contributed by atoms with Crippen molar-refractivity contribution in [3.05, 3.63) is 24.1 Å². The molecule has 6 heteroatoms. The van der Waals surface area contributed by atoms with Gasteiger partial charge in [0.1, 0.15) is 11.5 Å². The third-order valence-corrected chi connectivity index (χ3v) is 3.33. The average molecular weight is 291 g/mol. The maximum Gasteiger partial charge on any atom is 0.226 e. The van der Waals surface area contributed by atoms with Gasteiger partial charge in [-0.3, -0.25) is 0 Å². The lowest BCUT2D eigenvalue weighted by Crippen LogP contribution is -2.11. The van der Waals surface area contributed by atoms with Gasteiger partial charge in [0, 0.05) is 18.1 Å². The number of ether oxygens (including phenoxy) is 2. The van der Waals surface area contributed by atoms with Gasteiger partial charge in [0.25, 0.3) is 0 Å². The molecule has 1 aromatic carbocycles. The van der Waals surface area contributed by atoms with Gasteiger partial charge in [-0.1, -0.05) is 12.1 Å². The molecule has 1 heterocycles. The molecule has 2 aromatic rings. The fourth-order valence-electron chi connectivity index (χ4n) is 1.90. The van der Waals surface area contributed by atoms with Gasteiger partial charge in [0.2, 0.25) is 11.7 Å². The van der Waals surface area contributed by atoms with E-state index in [0.717, 1.165) is 18.4 Å². The lowest BCUT2D eigenvalue weighted by molar-refractivity contribution is 0.366. The van der Waals surface area contributed by atoms with Crippen LogP contribution >= 0.6 is 0 Å². The second kappa shape index (κ2) is 7.08. The van der Waals surface area contributed by atoms with Gasteiger partial charge in [-0.15, -0.1) is 0 Å². The van der Waals surface area contributed by atoms with Crippen LogP contribution in [-0.4, -0.2) is 30.9 Å². The molecule has 1 aromatic heterocycles. The van der Waals surface area contributed by atoms with Crippen LogP contribution in [0.3, 0.4) is 0 Å². The fraction of sp³-hybridized carbons (Fsp3) is 0.467. The van der Waals surface area contributed by atoms with E-state index < -0.39 is 0 Å². The zero-order valence-corrected chi connectivity index (χ0v) is 12.6. The normalized spacial score (nSPS) is 12.2. The monoisotopic (exact) mass is 291 g/mol. The first-order valence-electron chi connectivity index (χ1n) is 6.92. The molecule has 0 fully saturated rings. The molecular formula is C15H21N3O3. The molecule has 0 aliphatic rings. The topological polar surface area (TPSA) is 83.4 Å². The summed E-state index contributed by atoms with van der Waals surface area (Å²) >= 11 is 0. The summed E-state index contributed by atoms with van der Waals surface area (Å²) in [6.07, 6.45) is 1.66. The second-order valence-corrected chi connectivity index (χ2v) is 4.99. The Morgan fingerprint density at radius 2 is 1.86 bits per heavy atom. The fourth-order valence-corrected chi connectivity index (χ4v) is 1.90. The molecule has 0 saturated carbocycles. The number of rotatable bonds is 7. The zero-order valence-electron chi connectivity index (χ0n) is 12.6. The van der Waals surface area contributed by atoms with Gasteiger partial charge in [-0.25, -0.2) is 0 Å². The van der Waals surface area contributed by atoms with Crippen LogP contribution in [0.25, 0.3) is 11.4 Å². The number of hydrogen-bond acceptors (Lipinski definition) is 6. The van der Waals surface area contributed by atoms with Crippen molar-refractivity contribution in [2.24, 2.45) is 11.7 Å². The van der Waals surface area contributed by atoms with Gasteiger partial charge in [-0.2, -0.15) is 4.98 Å². The van der Waals surface area contributed by atoms with Gasteiger partial charge in [-0.05, 0) is 31.0 Å². The van der Waals surface area contributed by atoms with Crippen molar-refractivity contribution in [1.82, 2.24) is 10.1 Å². The standard InChI is InChI=1S/C15H21N3O3/c1-10(9-16)4-5-14-17-15(18-21-14)11-6-12(19-2)8-13(7-11)20-3/h6-8,10H,4-5,9,16H2,1-3H3. The molecule has 0 radical (unpaired) electrons. The van der Waals surface area contributed by atoms with Crippen molar-refractivity contribution >= 4 is 0 Å². The van der Waals surface area contributed by atoms with Gasteiger partial charge < -0.3 is 19.7 Å². The van der Waals surface area contributed by atoms with Crippen LogP contribution in [0.15, 0.2) is 22.7 Å². The molecule has 0 saturated heterocycles. The van der Waals surface area contributed by atoms with Gasteiger partial charge >= 0.3 is 0 Å². The largest absolute Gasteiger partial charge is 0.497 e. The van der Waals surface area contributed by atoms with Crippen molar-refractivity contribution in [3.63, 3.8) is 0 Å². The van der Waals surface area contributed by atoms with Crippen molar-refractivity contribution in [2.45, 2.75) is 19.8 Å². The number of methoxy groups -OCH3 is 2. The lowest BCUT2D eigenvalue weighted by Gasteiger charge is -2.05. The molecule has 1 unspecified atom stereocenters. The quantitative estimate of drug-likeness (QED) is 0.842. The molecule has 0 aliphatic heterocycles. The molecule has 2 rings (SSSR count). The highest BCUT2D eigenvalue weighted by molar-refractivity contribution is 5.60. The Morgan fingerprint density at radius 3 is 2.43 bits per heavy atom. The number of nitrogens with zero attached hydrogens (tertiary/aromatic N) is 2. The summed E-state index contributed by atoms with van der Waals surface area (Å²) in [6.45, 7) is 2.76. The van der Waals surface area contributed by atoms with Crippen LogP contribution in [0.2, 0.25) is 0 Å². The molecular weight excluding hydrogens is 270 g/mol. The summed E-state index contributed by atoms with van der Waals surface area (Å²) in [5.74, 6) is 2.96. The smallest absolute Gasteiger partial charge is 0.226 e. The number of nitrogens with two attached hydrogens (primary N) is 1. The number of aryl methyl sites for hydroxylation is 1. The average Bonchev–Trinajstić information content (AvgIpc) is 3.00. The first-order chi connectivity index (χ1) is 10.2. The van der Waals surface area contributed by atoms with Crippen LogP contribution in [0.1, 0.15) is 19.2 Å². The molecule has 2 N–H and O–H groups in total. The highest BCUT2D eigenvalue weighted by Crippen LogP contribution is 2.28. The van der Waals surface area contributed by atoms with Crippen molar-refractivity contribution in [1.29, 1.82) is 0 Å². The SMILES string of the molecule is COc1cc(OC)cc(-c2noc(CCC(C)CN)n2)c1. The Morgan fingerprint density at radius 1 is 1.19 bits per heavy atom. The Hall–Kier alpha value is -2.08. The molecule has 0 bridgehead atoms. The van der Waals surface area contributed by atoms with Crippen LogP contribution in [-0.2, 0) is 6.42 Å². The number of benzene rings is 1. The minimum atomic E-state index is 0.442. The van der Waals surface area contributed by atoms with E-state index >= 15 is 0 Å².